The molecule has 22 nitrogen and oxygen atoms in total. The summed E-state index contributed by atoms with van der Waals surface area (Å²) < 4.78 is 59.6. The van der Waals surface area contributed by atoms with Crippen LogP contribution in [0, 0.1) is 23.0 Å². The number of benzene rings is 2. The Kier molecular flexibility index (Phi) is 22.4. The number of nitrogens with one attached hydrogen (secondary N) is 1. The normalized spacial score (nSPS) is 12.6. The van der Waals surface area contributed by atoms with Gasteiger partial charge in [0.1, 0.15) is 55.2 Å². The molecule has 0 aliphatic heterocycles. The Hall–Kier alpha value is -7.45. The lowest BCUT2D eigenvalue weighted by Crippen LogP contribution is -3.00. The maximum Gasteiger partial charge on any atom is 0.418 e. The summed E-state index contributed by atoms with van der Waals surface area (Å²) in [5.74, 6) is -3.72. The SMILES string of the molecule is CNCC(=O)OCc1cccnc1N(C)C(=O)OC(C)OC(=O)N(C)CC(=O)OCc1cccnc1N(C)C(=O)OC(C)[n+]1cnn(C[C@](O)(c2cc(F)ccc2F)[C@@H](C)c2nc(-c3ccc(C#N)cc3)cs2)c1.Cl.[I-]. The molecule has 3 amide bonds. The first-order chi connectivity index (χ1) is 35.3. The summed E-state index contributed by atoms with van der Waals surface area (Å²) in [5, 5.41) is 30.8. The third kappa shape index (κ3) is 15.6. The Morgan fingerprint density at radius 2 is 1.46 bits per heavy atom. The number of ether oxygens (including phenoxy) is 5. The molecule has 0 aliphatic carbocycles. The number of rotatable bonds is 20. The predicted octanol–water partition coefficient (Wildman–Crippen LogP) is 3.14. The number of hydrogen-bond donors (Lipinski definition) is 2. The Morgan fingerprint density at radius 3 is 2.07 bits per heavy atom. The topological polar surface area (TPSA) is 258 Å². The fourth-order valence-electron chi connectivity index (χ4n) is 7.12. The Balaban J connectivity index is 0.00000624. The minimum atomic E-state index is -2.11. The highest BCUT2D eigenvalue weighted by Crippen LogP contribution is 2.41. The molecule has 0 radical (unpaired) electrons. The van der Waals surface area contributed by atoms with Gasteiger partial charge in [0.15, 0.2) is 0 Å². The van der Waals surface area contributed by atoms with Crippen LogP contribution in [0.5, 0.6) is 0 Å². The van der Waals surface area contributed by atoms with E-state index in [-0.39, 0.29) is 85.4 Å². The first-order valence-electron chi connectivity index (χ1n) is 22.5. The van der Waals surface area contributed by atoms with Crippen molar-refractivity contribution in [2.75, 3.05) is 51.1 Å². The highest BCUT2D eigenvalue weighted by atomic mass is 127. The van der Waals surface area contributed by atoms with Crippen LogP contribution in [0.15, 0.2) is 97.2 Å². The van der Waals surface area contributed by atoms with Crippen LogP contribution in [0.25, 0.3) is 11.3 Å². The van der Waals surface area contributed by atoms with E-state index in [1.54, 1.807) is 67.9 Å². The number of anilines is 2. The van der Waals surface area contributed by atoms with Crippen LogP contribution in [-0.2, 0) is 58.6 Å². The van der Waals surface area contributed by atoms with Crippen molar-refractivity contribution < 1.29 is 90.1 Å². The summed E-state index contributed by atoms with van der Waals surface area (Å²) in [6.45, 7) is 2.92. The van der Waals surface area contributed by atoms with Gasteiger partial charge in [-0.3, -0.25) is 19.4 Å². The summed E-state index contributed by atoms with van der Waals surface area (Å²) in [7, 11) is 5.59. The number of aromatic nitrogens is 6. The number of esters is 2. The van der Waals surface area contributed by atoms with Gasteiger partial charge in [0.2, 0.25) is 18.8 Å². The van der Waals surface area contributed by atoms with Gasteiger partial charge in [-0.1, -0.05) is 31.2 Å². The Bertz CT molecular complexity index is 3020. The molecule has 4 atom stereocenters. The standard InChI is InChI=1S/C49H52F2N11O11S.ClH.HI/c1-30(45-57-40(26-74-45)34-14-12-33(21-52)13-15-34)49(68,38-20-37(50)16-17-39(38)51)27-62-29-61(28-56-62)31(2)71-47(66)59(6)43-36(11-9-18-54-43)25-70-42(64)23-58(5)46(65)72-32(3)73-48(67)60(7)44-35(10-8-19-55-44)24-69-41(63)22-53-4;;/h8-20,26,28-32,53,68H,22-25,27H2,1-7H3;2*1H/q+1;;/p-1/t30-,31?,32?,49+;;/m0../s1. The maximum absolute atomic E-state index is 15.5. The van der Waals surface area contributed by atoms with E-state index in [0.29, 0.717) is 27.4 Å². The van der Waals surface area contributed by atoms with Gasteiger partial charge >= 0.3 is 30.2 Å². The molecule has 0 aliphatic rings. The highest BCUT2D eigenvalue weighted by molar-refractivity contribution is 7.10. The van der Waals surface area contributed by atoms with Gasteiger partial charge in [0, 0.05) is 86.0 Å². The van der Waals surface area contributed by atoms with Crippen LogP contribution in [0.1, 0.15) is 60.2 Å². The van der Waals surface area contributed by atoms with Crippen LogP contribution >= 0.6 is 23.7 Å². The van der Waals surface area contributed by atoms with Gasteiger partial charge < -0.3 is 63.0 Å². The number of halogens is 4. The first-order valence-corrected chi connectivity index (χ1v) is 23.4. The number of aliphatic hydroxyl groups is 1. The second kappa shape index (κ2) is 27.9. The van der Waals surface area contributed by atoms with E-state index in [0.717, 1.165) is 32.9 Å². The molecule has 0 bridgehead atoms. The fraction of sp³-hybridized carbons (Fsp3) is 0.327. The van der Waals surface area contributed by atoms with E-state index in [1.807, 2.05) is 0 Å². The zero-order chi connectivity index (χ0) is 53.7. The van der Waals surface area contributed by atoms with Gasteiger partial charge in [-0.2, -0.15) is 9.83 Å². The molecule has 2 unspecified atom stereocenters. The monoisotopic (exact) mass is 1200 g/mol. The van der Waals surface area contributed by atoms with E-state index in [1.165, 1.54) is 80.6 Å². The van der Waals surface area contributed by atoms with Crippen molar-refractivity contribution in [1.82, 2.24) is 34.9 Å². The van der Waals surface area contributed by atoms with E-state index < -0.39 is 72.4 Å². The smallest absolute Gasteiger partial charge is 0.418 e. The maximum atomic E-state index is 15.5. The molecule has 76 heavy (non-hydrogen) atoms. The minimum Gasteiger partial charge on any atom is -1.00 e. The lowest BCUT2D eigenvalue weighted by Gasteiger charge is -2.32. The van der Waals surface area contributed by atoms with Crippen LogP contribution in [0.3, 0.4) is 0 Å². The number of nitriles is 1. The minimum absolute atomic E-state index is 0. The molecule has 0 fully saturated rings. The van der Waals surface area contributed by atoms with Crippen molar-refractivity contribution >= 4 is 65.6 Å². The molecule has 0 saturated heterocycles. The van der Waals surface area contributed by atoms with Crippen LogP contribution < -0.4 is 43.7 Å². The molecule has 4 heterocycles. The molecule has 4 aromatic heterocycles. The number of nitrogens with zero attached hydrogens (tertiary/aromatic N) is 10. The molecule has 6 rings (SSSR count). The van der Waals surface area contributed by atoms with Crippen molar-refractivity contribution in [2.45, 2.75) is 64.6 Å². The molecule has 6 aromatic rings. The van der Waals surface area contributed by atoms with Crippen molar-refractivity contribution in [3.63, 3.8) is 0 Å². The summed E-state index contributed by atoms with van der Waals surface area (Å²) >= 11 is 1.21. The van der Waals surface area contributed by atoms with E-state index in [2.05, 4.69) is 26.5 Å². The number of hydrogen-bond acceptors (Lipinski definition) is 18. The molecule has 0 saturated carbocycles. The van der Waals surface area contributed by atoms with E-state index in [4.69, 9.17) is 28.7 Å². The van der Waals surface area contributed by atoms with Crippen LogP contribution in [0.2, 0.25) is 0 Å². The van der Waals surface area contributed by atoms with Gasteiger partial charge in [-0.25, -0.2) is 38.1 Å². The van der Waals surface area contributed by atoms with E-state index >= 15 is 4.39 Å². The predicted molar refractivity (Wildman–Crippen MR) is 266 cm³/mol. The molecule has 2 N–H and O–H groups in total. The molecule has 27 heteroatoms. The highest BCUT2D eigenvalue weighted by Gasteiger charge is 2.44. The number of thiazole rings is 1. The zero-order valence-corrected chi connectivity index (χ0v) is 45.7. The Labute approximate surface area is 462 Å². The largest absolute Gasteiger partial charge is 1.00 e. The van der Waals surface area contributed by atoms with E-state index in [9.17, 15) is 38.7 Å². The third-order valence-electron chi connectivity index (χ3n) is 11.2. The first kappa shape index (κ1) is 61.1. The number of carbonyl (C=O) groups is 5. The van der Waals surface area contributed by atoms with Crippen molar-refractivity contribution in [3.05, 3.63) is 136 Å². The summed E-state index contributed by atoms with van der Waals surface area (Å²) in [4.78, 5) is 80.2. The second-order valence-electron chi connectivity index (χ2n) is 16.5. The number of carbonyl (C=O) groups excluding carboxylic acids is 5. The molecule has 404 valence electrons. The lowest BCUT2D eigenvalue weighted by atomic mass is 9.82. The van der Waals surface area contributed by atoms with Crippen molar-refractivity contribution in [1.29, 1.82) is 5.26 Å². The van der Waals surface area contributed by atoms with Gasteiger partial charge in [-0.15, -0.1) is 28.4 Å². The number of pyridine rings is 2. The Morgan fingerprint density at radius 1 is 0.868 bits per heavy atom. The molecule has 2 aromatic carbocycles. The number of amides is 3. The zero-order valence-electron chi connectivity index (χ0n) is 42.0. The van der Waals surface area contributed by atoms with Gasteiger partial charge in [0.05, 0.1) is 28.9 Å². The quantitative estimate of drug-likeness (QED) is 0.0366. The van der Waals surface area contributed by atoms with Crippen molar-refractivity contribution in [2.24, 2.45) is 0 Å². The molecular weight excluding hydrogens is 1150 g/mol. The average Bonchev–Trinajstić information content (AvgIpc) is 4.08. The summed E-state index contributed by atoms with van der Waals surface area (Å²) in [6, 6.07) is 17.9. The van der Waals surface area contributed by atoms with Crippen LogP contribution in [-0.4, -0.2) is 113 Å². The fourth-order valence-corrected chi connectivity index (χ4v) is 8.09. The number of likely N-dealkylation sites (N-methyl/N-ethyl adjacent to an activating group) is 2. The van der Waals surface area contributed by atoms with Gasteiger partial charge in [-0.05, 0) is 49.5 Å². The third-order valence-corrected chi connectivity index (χ3v) is 12.3. The molecule has 0 spiro atoms. The average molecular weight is 1200 g/mol. The van der Waals surface area contributed by atoms with Crippen molar-refractivity contribution in [3.8, 4) is 17.3 Å². The summed E-state index contributed by atoms with van der Waals surface area (Å²) in [5.41, 5.74) is 0.000222. The second-order valence-corrected chi connectivity index (χ2v) is 17.4. The van der Waals surface area contributed by atoms with Crippen LogP contribution in [0.4, 0.5) is 34.8 Å². The lowest BCUT2D eigenvalue weighted by molar-refractivity contribution is -0.753. The molecular formula is C49H53ClF2IN11O11S. The van der Waals surface area contributed by atoms with Gasteiger partial charge in [0.25, 0.3) is 6.33 Å². The summed E-state index contributed by atoms with van der Waals surface area (Å²) in [6.07, 6.45) is 0.271.